The highest BCUT2D eigenvalue weighted by Crippen LogP contribution is 2.43. The molecule has 1 aromatic rings. The van der Waals surface area contributed by atoms with Gasteiger partial charge in [0, 0.05) is 9.79 Å². The Hall–Kier alpha value is -0.500. The van der Waals surface area contributed by atoms with Crippen LogP contribution in [-0.4, -0.2) is 11.0 Å². The van der Waals surface area contributed by atoms with E-state index in [0.717, 1.165) is 12.1 Å². The second-order valence-electron chi connectivity index (χ2n) is 3.48. The Balaban J connectivity index is 3.05. The molecule has 0 amide bonds. The van der Waals surface area contributed by atoms with E-state index in [2.05, 4.69) is 0 Å². The maximum Gasteiger partial charge on any atom is 0.446 e. The van der Waals surface area contributed by atoms with Crippen molar-refractivity contribution in [2.45, 2.75) is 34.7 Å². The number of hydrogen-bond acceptors (Lipinski definition) is 2. The van der Waals surface area contributed by atoms with Crippen LogP contribution in [0.15, 0.2) is 21.9 Å². The summed E-state index contributed by atoms with van der Waals surface area (Å²) in [6.45, 7) is 2.71. The Morgan fingerprint density at radius 2 is 1.00 bits per heavy atom. The normalized spacial score (nSPS) is 12.9. The topological polar surface area (TPSA) is 0 Å². The van der Waals surface area contributed by atoms with Crippen molar-refractivity contribution in [1.29, 1.82) is 0 Å². The molecule has 1 aromatic carbocycles. The molecule has 0 N–H and O–H groups in total. The van der Waals surface area contributed by atoms with Gasteiger partial charge >= 0.3 is 11.0 Å². The fourth-order valence-corrected chi connectivity index (χ4v) is 2.64. The molecule has 0 fully saturated rings. The van der Waals surface area contributed by atoms with Crippen LogP contribution < -0.4 is 0 Å². The second kappa shape index (κ2) is 5.24. The smallest absolute Gasteiger partial charge is 0.160 e. The Morgan fingerprint density at radius 3 is 1.22 bits per heavy atom. The van der Waals surface area contributed by atoms with E-state index in [1.165, 1.54) is 13.8 Å². The lowest BCUT2D eigenvalue weighted by atomic mass is 10.2. The Morgan fingerprint density at radius 1 is 0.722 bits per heavy atom. The minimum absolute atomic E-state index is 0.0773. The SMILES string of the molecule is Cc1cc(SC(F)(F)F)c(C)cc1SC(F)(F)F. The molecule has 0 aromatic heterocycles. The van der Waals surface area contributed by atoms with Crippen LogP contribution in [-0.2, 0) is 0 Å². The van der Waals surface area contributed by atoms with E-state index < -0.39 is 11.0 Å². The zero-order valence-corrected chi connectivity index (χ0v) is 10.9. The Kier molecular flexibility index (Phi) is 4.53. The van der Waals surface area contributed by atoms with Crippen LogP contribution in [0.1, 0.15) is 11.1 Å². The van der Waals surface area contributed by atoms with Crippen LogP contribution >= 0.6 is 23.5 Å². The third-order valence-corrected chi connectivity index (χ3v) is 3.71. The molecule has 1 rings (SSSR count). The number of aryl methyl sites for hydroxylation is 2. The number of halogens is 6. The van der Waals surface area contributed by atoms with Gasteiger partial charge in [-0.2, -0.15) is 26.3 Å². The van der Waals surface area contributed by atoms with E-state index in [4.69, 9.17) is 0 Å². The largest absolute Gasteiger partial charge is 0.446 e. The lowest BCUT2D eigenvalue weighted by Gasteiger charge is -2.13. The van der Waals surface area contributed by atoms with Crippen molar-refractivity contribution in [2.75, 3.05) is 0 Å². The van der Waals surface area contributed by atoms with Gasteiger partial charge in [-0.15, -0.1) is 0 Å². The maximum absolute atomic E-state index is 12.2. The summed E-state index contributed by atoms with van der Waals surface area (Å²) in [6, 6.07) is 2.25. The van der Waals surface area contributed by atoms with Crippen LogP contribution in [0.4, 0.5) is 26.3 Å². The Labute approximate surface area is 108 Å². The van der Waals surface area contributed by atoms with Gasteiger partial charge in [-0.3, -0.25) is 0 Å². The number of rotatable bonds is 2. The third-order valence-electron chi connectivity index (χ3n) is 1.92. The molecule has 0 aliphatic carbocycles. The summed E-state index contributed by atoms with van der Waals surface area (Å²) in [5.41, 5.74) is -8.55. The predicted octanol–water partition coefficient (Wildman–Crippen LogP) is 5.53. The van der Waals surface area contributed by atoms with Gasteiger partial charge in [0.25, 0.3) is 0 Å². The third kappa shape index (κ3) is 5.01. The molecule has 0 heterocycles. The fraction of sp³-hybridized carbons (Fsp3) is 0.400. The minimum Gasteiger partial charge on any atom is -0.160 e. The van der Waals surface area contributed by atoms with Gasteiger partial charge in [-0.05, 0) is 60.6 Å². The van der Waals surface area contributed by atoms with E-state index in [-0.39, 0.29) is 44.4 Å². The van der Waals surface area contributed by atoms with Crippen molar-refractivity contribution < 1.29 is 26.3 Å². The summed E-state index contributed by atoms with van der Waals surface area (Å²) >= 11 is -0.645. The number of alkyl halides is 6. The molecule has 0 spiro atoms. The molecule has 0 radical (unpaired) electrons. The highest BCUT2D eigenvalue weighted by atomic mass is 32.2. The molecule has 0 bridgehead atoms. The van der Waals surface area contributed by atoms with Crippen LogP contribution in [0.3, 0.4) is 0 Å². The van der Waals surface area contributed by atoms with E-state index in [0.29, 0.717) is 0 Å². The quantitative estimate of drug-likeness (QED) is 0.520. The van der Waals surface area contributed by atoms with Crippen molar-refractivity contribution in [3.63, 3.8) is 0 Å². The number of thioether (sulfide) groups is 2. The minimum atomic E-state index is -4.45. The van der Waals surface area contributed by atoms with Crippen LogP contribution in [0.2, 0.25) is 0 Å². The lowest BCUT2D eigenvalue weighted by molar-refractivity contribution is -0.0338. The average molecular weight is 306 g/mol. The molecular weight excluding hydrogens is 298 g/mol. The van der Waals surface area contributed by atoms with Crippen molar-refractivity contribution in [2.24, 2.45) is 0 Å². The summed E-state index contributed by atoms with van der Waals surface area (Å²) < 4.78 is 73.2. The van der Waals surface area contributed by atoms with E-state index >= 15 is 0 Å². The molecule has 0 unspecified atom stereocenters. The van der Waals surface area contributed by atoms with Crippen molar-refractivity contribution in [3.8, 4) is 0 Å². The maximum atomic E-state index is 12.2. The van der Waals surface area contributed by atoms with Crippen LogP contribution in [0, 0.1) is 13.8 Å². The summed E-state index contributed by atoms with van der Waals surface area (Å²) in [7, 11) is 0. The first-order valence-corrected chi connectivity index (χ1v) is 6.24. The molecular formula is C10H8F6S2. The lowest BCUT2D eigenvalue weighted by Crippen LogP contribution is -2.03. The highest BCUT2D eigenvalue weighted by molar-refractivity contribution is 8.00. The first-order chi connectivity index (χ1) is 7.98. The monoisotopic (exact) mass is 306 g/mol. The molecule has 8 heteroatoms. The van der Waals surface area contributed by atoms with Crippen molar-refractivity contribution >= 4 is 23.5 Å². The van der Waals surface area contributed by atoms with Gasteiger partial charge in [-0.1, -0.05) is 0 Å². The Bertz CT molecular complexity index is 393. The highest BCUT2D eigenvalue weighted by Gasteiger charge is 2.32. The number of hydrogen-bond donors (Lipinski definition) is 0. The van der Waals surface area contributed by atoms with E-state index in [9.17, 15) is 26.3 Å². The van der Waals surface area contributed by atoms with Gasteiger partial charge in [0.05, 0.1) is 0 Å². The van der Waals surface area contributed by atoms with Gasteiger partial charge in [0.15, 0.2) is 0 Å². The molecule has 102 valence electrons. The molecule has 0 atom stereocenters. The first-order valence-electron chi connectivity index (χ1n) is 4.61. The van der Waals surface area contributed by atoms with Gasteiger partial charge in [-0.25, -0.2) is 0 Å². The van der Waals surface area contributed by atoms with E-state index in [1.807, 2.05) is 0 Å². The average Bonchev–Trinajstić information content (AvgIpc) is 2.08. The molecule has 0 nitrogen and oxygen atoms in total. The van der Waals surface area contributed by atoms with E-state index in [1.54, 1.807) is 0 Å². The summed E-state index contributed by atoms with van der Waals surface area (Å²) in [5.74, 6) is 0. The van der Waals surface area contributed by atoms with Crippen LogP contribution in [0.25, 0.3) is 0 Å². The standard InChI is InChI=1S/C10H8F6S2/c1-5-3-8(18-10(14,15)16)6(2)4-7(5)17-9(11,12)13/h3-4H,1-2H3. The second-order valence-corrected chi connectivity index (χ2v) is 5.69. The molecule has 0 saturated carbocycles. The fourth-order valence-electron chi connectivity index (χ4n) is 1.23. The first kappa shape index (κ1) is 15.6. The predicted molar refractivity (Wildman–Crippen MR) is 59.7 cm³/mol. The number of benzene rings is 1. The molecule has 0 aliphatic rings. The molecule has 0 saturated heterocycles. The van der Waals surface area contributed by atoms with Gasteiger partial charge in [0.1, 0.15) is 0 Å². The van der Waals surface area contributed by atoms with Crippen molar-refractivity contribution in [1.82, 2.24) is 0 Å². The van der Waals surface area contributed by atoms with Gasteiger partial charge in [0.2, 0.25) is 0 Å². The molecule has 18 heavy (non-hydrogen) atoms. The zero-order valence-electron chi connectivity index (χ0n) is 9.24. The molecule has 0 aliphatic heterocycles. The summed E-state index contributed by atoms with van der Waals surface area (Å²) in [4.78, 5) is -0.155. The zero-order chi connectivity index (χ0) is 14.1. The van der Waals surface area contributed by atoms with Crippen molar-refractivity contribution in [3.05, 3.63) is 23.3 Å². The van der Waals surface area contributed by atoms with Gasteiger partial charge < -0.3 is 0 Å². The summed E-state index contributed by atoms with van der Waals surface area (Å²) in [5, 5.41) is 0. The van der Waals surface area contributed by atoms with Crippen LogP contribution in [0.5, 0.6) is 0 Å². The summed E-state index contributed by atoms with van der Waals surface area (Å²) in [6.07, 6.45) is 0.